The fraction of sp³-hybridized carbons (Fsp3) is 0.500. The minimum atomic E-state index is -0.395. The van der Waals surface area contributed by atoms with Gasteiger partial charge >= 0.3 is 0 Å². The molecule has 10 heteroatoms. The van der Waals surface area contributed by atoms with Crippen molar-refractivity contribution in [3.05, 3.63) is 55.7 Å². The number of hydrogen-bond acceptors (Lipinski definition) is 8. The van der Waals surface area contributed by atoms with Crippen LogP contribution in [0, 0.1) is 18.3 Å². The standard InChI is InChI=1S/C32H40N4O4S2/c1-4-5-6-7-8-9-10-11-12-13-16-36-31(38)28(42-32(36)41)18-24-22(2)25(19-33)30(37)35(3)29(24)34-20-23-14-15-26-27(17-23)40-21-39-26/h14-15,17-18,34H,4-13,16,20-21H2,1-3H3/b28-18+. The molecule has 0 aliphatic carbocycles. The number of anilines is 1. The summed E-state index contributed by atoms with van der Waals surface area (Å²) in [7, 11) is 1.62. The summed E-state index contributed by atoms with van der Waals surface area (Å²) in [4.78, 5) is 28.5. The smallest absolute Gasteiger partial charge is 0.270 e. The number of amides is 1. The van der Waals surface area contributed by atoms with Crippen LogP contribution in [0.5, 0.6) is 11.5 Å². The number of pyridine rings is 1. The predicted octanol–water partition coefficient (Wildman–Crippen LogP) is 7.03. The van der Waals surface area contributed by atoms with Crippen molar-refractivity contribution >= 4 is 46.1 Å². The van der Waals surface area contributed by atoms with Crippen molar-refractivity contribution in [2.24, 2.45) is 7.05 Å². The number of thiocarbonyl (C=S) groups is 1. The number of unbranched alkanes of at least 4 members (excludes halogenated alkanes) is 9. The Labute approximate surface area is 258 Å². The third kappa shape index (κ3) is 7.56. The zero-order valence-corrected chi connectivity index (χ0v) is 26.4. The topological polar surface area (TPSA) is 96.6 Å². The highest BCUT2D eigenvalue weighted by Gasteiger charge is 2.32. The molecule has 3 heterocycles. The van der Waals surface area contributed by atoms with E-state index in [4.69, 9.17) is 21.7 Å². The van der Waals surface area contributed by atoms with Gasteiger partial charge in [0, 0.05) is 25.7 Å². The summed E-state index contributed by atoms with van der Waals surface area (Å²) < 4.78 is 12.9. The van der Waals surface area contributed by atoms with Gasteiger partial charge in [-0.2, -0.15) is 5.26 Å². The van der Waals surface area contributed by atoms with E-state index < -0.39 is 5.56 Å². The number of hydrogen-bond donors (Lipinski definition) is 1. The molecule has 1 fully saturated rings. The molecule has 2 aliphatic rings. The van der Waals surface area contributed by atoms with Crippen LogP contribution in [0.15, 0.2) is 27.9 Å². The van der Waals surface area contributed by atoms with Crippen molar-refractivity contribution < 1.29 is 14.3 Å². The number of aromatic nitrogens is 1. The summed E-state index contributed by atoms with van der Waals surface area (Å²) in [5.74, 6) is 1.76. The Hall–Kier alpha value is -3.29. The van der Waals surface area contributed by atoms with Gasteiger partial charge in [-0.1, -0.05) is 94.8 Å². The van der Waals surface area contributed by atoms with Crippen molar-refractivity contribution in [3.8, 4) is 17.6 Å². The Bertz CT molecular complexity index is 1440. The molecule has 0 spiro atoms. The number of benzene rings is 1. The summed E-state index contributed by atoms with van der Waals surface area (Å²) in [6, 6.07) is 7.71. The largest absolute Gasteiger partial charge is 0.454 e. The van der Waals surface area contributed by atoms with Gasteiger partial charge < -0.3 is 14.8 Å². The van der Waals surface area contributed by atoms with Gasteiger partial charge in [0.05, 0.1) is 4.91 Å². The number of fused-ring (bicyclic) bond motifs is 1. The number of thioether (sulfide) groups is 1. The quantitative estimate of drug-likeness (QED) is 0.131. The van der Waals surface area contributed by atoms with Crippen molar-refractivity contribution in [2.45, 2.75) is 84.6 Å². The Morgan fingerprint density at radius 2 is 1.71 bits per heavy atom. The zero-order chi connectivity index (χ0) is 30.1. The van der Waals surface area contributed by atoms with Gasteiger partial charge in [-0.05, 0) is 42.7 Å². The second kappa shape index (κ2) is 15.3. The number of nitrogens with one attached hydrogen (secondary N) is 1. The molecule has 0 bridgehead atoms. The molecule has 0 radical (unpaired) electrons. The molecule has 4 rings (SSSR count). The molecule has 8 nitrogen and oxygen atoms in total. The van der Waals surface area contributed by atoms with Crippen LogP contribution >= 0.6 is 24.0 Å². The van der Waals surface area contributed by atoms with Crippen LogP contribution in [-0.2, 0) is 18.4 Å². The maximum Gasteiger partial charge on any atom is 0.270 e. The molecule has 1 N–H and O–H groups in total. The molecule has 1 aromatic heterocycles. The number of nitriles is 1. The van der Waals surface area contributed by atoms with E-state index in [2.05, 4.69) is 12.2 Å². The molecule has 42 heavy (non-hydrogen) atoms. The Morgan fingerprint density at radius 3 is 2.40 bits per heavy atom. The number of carbonyl (C=O) groups is 1. The molecular formula is C32H40N4O4S2. The summed E-state index contributed by atoms with van der Waals surface area (Å²) >= 11 is 6.85. The average molecular weight is 609 g/mol. The second-order valence-corrected chi connectivity index (χ2v) is 12.5. The summed E-state index contributed by atoms with van der Waals surface area (Å²) in [6.07, 6.45) is 14.0. The Morgan fingerprint density at radius 1 is 1.05 bits per heavy atom. The van der Waals surface area contributed by atoms with Gasteiger partial charge in [0.2, 0.25) is 6.79 Å². The lowest BCUT2D eigenvalue weighted by Gasteiger charge is -2.18. The first-order chi connectivity index (χ1) is 20.3. The van der Waals surface area contributed by atoms with Crippen LogP contribution < -0.4 is 20.3 Å². The third-order valence-corrected chi connectivity index (χ3v) is 9.16. The van der Waals surface area contributed by atoms with E-state index in [-0.39, 0.29) is 18.3 Å². The van der Waals surface area contributed by atoms with E-state index in [0.717, 1.165) is 18.4 Å². The fourth-order valence-corrected chi connectivity index (χ4v) is 6.55. The minimum absolute atomic E-state index is 0.0539. The van der Waals surface area contributed by atoms with Gasteiger partial charge in [-0.25, -0.2) is 0 Å². The number of nitrogens with zero attached hydrogens (tertiary/aromatic N) is 3. The van der Waals surface area contributed by atoms with Crippen LogP contribution in [0.1, 0.15) is 93.4 Å². The second-order valence-electron chi connectivity index (χ2n) is 10.8. The first-order valence-electron chi connectivity index (χ1n) is 14.9. The molecule has 1 saturated heterocycles. The first-order valence-corrected chi connectivity index (χ1v) is 16.1. The van der Waals surface area contributed by atoms with Crippen LogP contribution in [0.25, 0.3) is 6.08 Å². The highest BCUT2D eigenvalue weighted by molar-refractivity contribution is 8.26. The maximum absolute atomic E-state index is 13.4. The van der Waals surface area contributed by atoms with E-state index in [9.17, 15) is 14.9 Å². The van der Waals surface area contributed by atoms with E-state index in [1.54, 1.807) is 24.9 Å². The molecule has 2 aliphatic heterocycles. The summed E-state index contributed by atoms with van der Waals surface area (Å²) in [5, 5.41) is 13.1. The lowest BCUT2D eigenvalue weighted by molar-refractivity contribution is -0.122. The summed E-state index contributed by atoms with van der Waals surface area (Å²) in [5.41, 5.74) is 1.73. The Balaban J connectivity index is 1.43. The SMILES string of the molecule is CCCCCCCCCCCCN1C(=O)/C(=C\c2c(C)c(C#N)c(=O)n(C)c2NCc2ccc3c(c2)OCO3)SC1=S. The highest BCUT2D eigenvalue weighted by atomic mass is 32.2. The van der Waals surface area contributed by atoms with Crippen LogP contribution in [-0.4, -0.2) is 33.0 Å². The lowest BCUT2D eigenvalue weighted by Crippen LogP contribution is -2.29. The minimum Gasteiger partial charge on any atom is -0.454 e. The van der Waals surface area contributed by atoms with Gasteiger partial charge in [0.1, 0.15) is 21.8 Å². The molecule has 1 amide bonds. The van der Waals surface area contributed by atoms with Crippen molar-refractivity contribution in [2.75, 3.05) is 18.7 Å². The fourth-order valence-electron chi connectivity index (χ4n) is 5.26. The van der Waals surface area contributed by atoms with Crippen molar-refractivity contribution in [1.82, 2.24) is 9.47 Å². The molecule has 0 unspecified atom stereocenters. The molecule has 2 aromatic rings. The number of carbonyl (C=O) groups excluding carboxylic acids is 1. The molecule has 0 atom stereocenters. The van der Waals surface area contributed by atoms with E-state index in [1.807, 2.05) is 24.3 Å². The monoisotopic (exact) mass is 608 g/mol. The number of rotatable bonds is 15. The van der Waals surface area contributed by atoms with E-state index in [1.165, 1.54) is 67.7 Å². The van der Waals surface area contributed by atoms with Gasteiger partial charge in [0.15, 0.2) is 11.5 Å². The van der Waals surface area contributed by atoms with E-state index >= 15 is 0 Å². The normalized spacial score (nSPS) is 15.1. The molecule has 1 aromatic carbocycles. The maximum atomic E-state index is 13.4. The summed E-state index contributed by atoms with van der Waals surface area (Å²) in [6.45, 7) is 5.17. The predicted molar refractivity (Wildman–Crippen MR) is 173 cm³/mol. The first kappa shape index (κ1) is 31.6. The highest BCUT2D eigenvalue weighted by Crippen LogP contribution is 2.36. The van der Waals surface area contributed by atoms with Crippen LogP contribution in [0.2, 0.25) is 0 Å². The molecule has 0 saturated carbocycles. The van der Waals surface area contributed by atoms with E-state index in [0.29, 0.717) is 50.8 Å². The van der Waals surface area contributed by atoms with Gasteiger partial charge in [-0.15, -0.1) is 0 Å². The number of ether oxygens (including phenoxy) is 2. The zero-order valence-electron chi connectivity index (χ0n) is 24.8. The van der Waals surface area contributed by atoms with Crippen LogP contribution in [0.3, 0.4) is 0 Å². The van der Waals surface area contributed by atoms with Gasteiger partial charge in [-0.3, -0.25) is 19.1 Å². The average Bonchev–Trinajstić information content (AvgIpc) is 3.56. The van der Waals surface area contributed by atoms with Crippen LogP contribution in [0.4, 0.5) is 5.82 Å². The lowest BCUT2D eigenvalue weighted by atomic mass is 10.0. The molecule has 224 valence electrons. The third-order valence-electron chi connectivity index (χ3n) is 7.78. The molecular weight excluding hydrogens is 569 g/mol. The van der Waals surface area contributed by atoms with Crippen molar-refractivity contribution in [1.29, 1.82) is 5.26 Å². The van der Waals surface area contributed by atoms with Crippen molar-refractivity contribution in [3.63, 3.8) is 0 Å². The Kier molecular flexibility index (Phi) is 11.5. The van der Waals surface area contributed by atoms with Gasteiger partial charge in [0.25, 0.3) is 11.5 Å².